The van der Waals surface area contributed by atoms with Gasteiger partial charge in [0, 0.05) is 24.9 Å². The topological polar surface area (TPSA) is 49.4 Å². The summed E-state index contributed by atoms with van der Waals surface area (Å²) in [6.07, 6.45) is 3.41. The summed E-state index contributed by atoms with van der Waals surface area (Å²) in [5, 5.41) is 3.69. The molecular formula is C16H18Cl2N2O2. The van der Waals surface area contributed by atoms with Gasteiger partial charge in [-0.3, -0.25) is 9.59 Å². The van der Waals surface area contributed by atoms with E-state index in [1.54, 1.807) is 18.2 Å². The average Bonchev–Trinajstić information content (AvgIpc) is 3.35. The summed E-state index contributed by atoms with van der Waals surface area (Å²) in [5.74, 6) is 0.324. The lowest BCUT2D eigenvalue weighted by Crippen LogP contribution is -2.42. The van der Waals surface area contributed by atoms with Crippen LogP contribution in [0.15, 0.2) is 18.2 Å². The van der Waals surface area contributed by atoms with Crippen LogP contribution in [-0.4, -0.2) is 29.8 Å². The van der Waals surface area contributed by atoms with Crippen molar-refractivity contribution in [2.24, 2.45) is 11.8 Å². The van der Waals surface area contributed by atoms with E-state index in [-0.39, 0.29) is 23.7 Å². The molecule has 0 aromatic heterocycles. The fraction of sp³-hybridized carbons (Fsp3) is 0.500. The molecule has 1 heterocycles. The molecule has 1 saturated carbocycles. The van der Waals surface area contributed by atoms with Crippen LogP contribution < -0.4 is 5.32 Å². The molecule has 0 bridgehead atoms. The number of amides is 2. The Morgan fingerprint density at radius 2 is 1.59 bits per heavy atom. The Labute approximate surface area is 139 Å². The third kappa shape index (κ3) is 3.39. The monoisotopic (exact) mass is 340 g/mol. The maximum atomic E-state index is 12.4. The Balaban J connectivity index is 1.57. The van der Waals surface area contributed by atoms with E-state index in [0.29, 0.717) is 41.7 Å². The predicted octanol–water partition coefficient (Wildman–Crippen LogP) is 3.58. The highest BCUT2D eigenvalue weighted by Crippen LogP contribution is 2.33. The maximum absolute atomic E-state index is 12.4. The molecule has 1 aromatic carbocycles. The SMILES string of the molecule is O=C(Nc1c(Cl)cccc1Cl)C1CCN(C(=O)C2CC2)CC1. The minimum Gasteiger partial charge on any atom is -0.342 e. The van der Waals surface area contributed by atoms with Crippen LogP contribution in [0, 0.1) is 11.8 Å². The number of carbonyl (C=O) groups excluding carboxylic acids is 2. The zero-order valence-corrected chi connectivity index (χ0v) is 13.7. The molecule has 0 unspecified atom stereocenters. The summed E-state index contributed by atoms with van der Waals surface area (Å²) in [6, 6.07) is 5.13. The number of rotatable bonds is 3. The number of nitrogens with one attached hydrogen (secondary N) is 1. The second-order valence-electron chi connectivity index (χ2n) is 5.96. The molecule has 1 N–H and O–H groups in total. The fourth-order valence-corrected chi connectivity index (χ4v) is 3.28. The van der Waals surface area contributed by atoms with Crippen LogP contribution in [0.1, 0.15) is 25.7 Å². The van der Waals surface area contributed by atoms with Crippen molar-refractivity contribution in [2.75, 3.05) is 18.4 Å². The average molecular weight is 341 g/mol. The molecule has 1 aliphatic heterocycles. The molecule has 0 spiro atoms. The second-order valence-corrected chi connectivity index (χ2v) is 6.77. The van der Waals surface area contributed by atoms with Crippen molar-refractivity contribution in [1.82, 2.24) is 4.90 Å². The van der Waals surface area contributed by atoms with Crippen LogP contribution in [0.2, 0.25) is 10.0 Å². The van der Waals surface area contributed by atoms with Crippen LogP contribution in [0.3, 0.4) is 0 Å². The number of likely N-dealkylation sites (tertiary alicyclic amines) is 1. The first-order valence-electron chi connectivity index (χ1n) is 7.60. The summed E-state index contributed by atoms with van der Waals surface area (Å²) < 4.78 is 0. The smallest absolute Gasteiger partial charge is 0.227 e. The quantitative estimate of drug-likeness (QED) is 0.914. The van der Waals surface area contributed by atoms with Crippen LogP contribution in [0.4, 0.5) is 5.69 Å². The molecule has 4 nitrogen and oxygen atoms in total. The molecule has 22 heavy (non-hydrogen) atoms. The number of halogens is 2. The molecule has 0 radical (unpaired) electrons. The standard InChI is InChI=1S/C16H18Cl2N2O2/c17-12-2-1-3-13(18)14(12)19-15(21)10-6-8-20(9-7-10)16(22)11-4-5-11/h1-3,10-11H,4-9H2,(H,19,21). The lowest BCUT2D eigenvalue weighted by atomic mass is 9.95. The number of piperidine rings is 1. The first-order chi connectivity index (χ1) is 10.6. The van der Waals surface area contributed by atoms with Crippen LogP contribution in [0.25, 0.3) is 0 Å². The largest absolute Gasteiger partial charge is 0.342 e. The summed E-state index contributed by atoms with van der Waals surface area (Å²) in [6.45, 7) is 1.31. The molecule has 3 rings (SSSR count). The van der Waals surface area contributed by atoms with Crippen molar-refractivity contribution in [2.45, 2.75) is 25.7 Å². The number of carbonyl (C=O) groups is 2. The van der Waals surface area contributed by atoms with Crippen LogP contribution >= 0.6 is 23.2 Å². The van der Waals surface area contributed by atoms with E-state index >= 15 is 0 Å². The fourth-order valence-electron chi connectivity index (χ4n) is 2.79. The Morgan fingerprint density at radius 1 is 1.00 bits per heavy atom. The molecule has 1 aliphatic carbocycles. The minimum atomic E-state index is -0.101. The summed E-state index contributed by atoms with van der Waals surface area (Å²) in [4.78, 5) is 26.3. The molecule has 2 fully saturated rings. The number of anilines is 1. The van der Waals surface area contributed by atoms with Gasteiger partial charge in [0.05, 0.1) is 15.7 Å². The van der Waals surface area contributed by atoms with E-state index in [0.717, 1.165) is 12.8 Å². The van der Waals surface area contributed by atoms with Gasteiger partial charge in [-0.05, 0) is 37.8 Å². The summed E-state index contributed by atoms with van der Waals surface area (Å²) in [7, 11) is 0. The Morgan fingerprint density at radius 3 is 2.14 bits per heavy atom. The molecule has 6 heteroatoms. The van der Waals surface area contributed by atoms with Crippen molar-refractivity contribution < 1.29 is 9.59 Å². The van der Waals surface area contributed by atoms with Gasteiger partial charge in [0.2, 0.25) is 11.8 Å². The zero-order chi connectivity index (χ0) is 15.7. The first-order valence-corrected chi connectivity index (χ1v) is 8.35. The lowest BCUT2D eigenvalue weighted by molar-refractivity contribution is -0.135. The second kappa shape index (κ2) is 6.47. The van der Waals surface area contributed by atoms with Crippen molar-refractivity contribution >= 4 is 40.7 Å². The number of hydrogen-bond donors (Lipinski definition) is 1. The van der Waals surface area contributed by atoms with E-state index in [1.165, 1.54) is 0 Å². The normalized spacial score (nSPS) is 19.1. The zero-order valence-electron chi connectivity index (χ0n) is 12.1. The van der Waals surface area contributed by atoms with E-state index in [4.69, 9.17) is 23.2 Å². The van der Waals surface area contributed by atoms with Crippen molar-refractivity contribution in [1.29, 1.82) is 0 Å². The summed E-state index contributed by atoms with van der Waals surface area (Å²) in [5.41, 5.74) is 0.465. The molecule has 2 aliphatic rings. The van der Waals surface area contributed by atoms with Crippen molar-refractivity contribution in [3.8, 4) is 0 Å². The van der Waals surface area contributed by atoms with Crippen molar-refractivity contribution in [3.63, 3.8) is 0 Å². The third-order valence-electron chi connectivity index (χ3n) is 4.31. The molecule has 1 aromatic rings. The number of nitrogens with zero attached hydrogens (tertiary/aromatic N) is 1. The lowest BCUT2D eigenvalue weighted by Gasteiger charge is -2.31. The highest BCUT2D eigenvalue weighted by atomic mass is 35.5. The Kier molecular flexibility index (Phi) is 4.59. The molecular weight excluding hydrogens is 323 g/mol. The van der Waals surface area contributed by atoms with Gasteiger partial charge in [-0.1, -0.05) is 29.3 Å². The third-order valence-corrected chi connectivity index (χ3v) is 4.94. The van der Waals surface area contributed by atoms with Crippen molar-refractivity contribution in [3.05, 3.63) is 28.2 Å². The maximum Gasteiger partial charge on any atom is 0.227 e. The highest BCUT2D eigenvalue weighted by molar-refractivity contribution is 6.39. The molecule has 118 valence electrons. The Bertz CT molecular complexity index is 574. The van der Waals surface area contributed by atoms with E-state index in [2.05, 4.69) is 5.32 Å². The highest BCUT2D eigenvalue weighted by Gasteiger charge is 2.36. The van der Waals surface area contributed by atoms with E-state index in [9.17, 15) is 9.59 Å². The number of para-hydroxylation sites is 1. The van der Waals surface area contributed by atoms with Crippen LogP contribution in [-0.2, 0) is 9.59 Å². The van der Waals surface area contributed by atoms with Crippen LogP contribution in [0.5, 0.6) is 0 Å². The predicted molar refractivity (Wildman–Crippen MR) is 87.1 cm³/mol. The number of hydrogen-bond acceptors (Lipinski definition) is 2. The molecule has 1 saturated heterocycles. The van der Waals surface area contributed by atoms with Gasteiger partial charge in [0.15, 0.2) is 0 Å². The van der Waals surface area contributed by atoms with Gasteiger partial charge in [-0.2, -0.15) is 0 Å². The van der Waals surface area contributed by atoms with Gasteiger partial charge >= 0.3 is 0 Å². The number of benzene rings is 1. The van der Waals surface area contributed by atoms with E-state index in [1.807, 2.05) is 4.90 Å². The van der Waals surface area contributed by atoms with Gasteiger partial charge in [0.25, 0.3) is 0 Å². The van der Waals surface area contributed by atoms with Gasteiger partial charge in [-0.15, -0.1) is 0 Å². The van der Waals surface area contributed by atoms with E-state index < -0.39 is 0 Å². The van der Waals surface area contributed by atoms with Gasteiger partial charge in [0.1, 0.15) is 0 Å². The minimum absolute atomic E-state index is 0.0754. The summed E-state index contributed by atoms with van der Waals surface area (Å²) >= 11 is 12.1. The Hall–Kier alpha value is -1.26. The van der Waals surface area contributed by atoms with Gasteiger partial charge < -0.3 is 10.2 Å². The molecule has 0 atom stereocenters. The molecule has 2 amide bonds. The first kappa shape index (κ1) is 15.6. The van der Waals surface area contributed by atoms with Gasteiger partial charge in [-0.25, -0.2) is 0 Å².